The molecule has 166 valence electrons. The van der Waals surface area contributed by atoms with Gasteiger partial charge < -0.3 is 10.6 Å². The maximum absolute atomic E-state index is 13.4. The third-order valence-electron chi connectivity index (χ3n) is 5.26. The molecule has 1 aromatic heterocycles. The largest absolute Gasteiger partial charge is 0.345 e. The van der Waals surface area contributed by atoms with Gasteiger partial charge in [0.2, 0.25) is 0 Å². The number of anilines is 2. The van der Waals surface area contributed by atoms with E-state index in [4.69, 9.17) is 5.41 Å². The number of amides is 1. The molecule has 3 N–H and O–H groups in total. The van der Waals surface area contributed by atoms with Gasteiger partial charge >= 0.3 is 0 Å². The van der Waals surface area contributed by atoms with Gasteiger partial charge in [-0.3, -0.25) is 14.9 Å². The lowest BCUT2D eigenvalue weighted by molar-refractivity contribution is 0.0917. The van der Waals surface area contributed by atoms with Crippen molar-refractivity contribution < 1.29 is 17.6 Å². The number of aryl methyl sites for hydroxylation is 1. The summed E-state index contributed by atoms with van der Waals surface area (Å²) in [5.74, 6) is -0.370. The van der Waals surface area contributed by atoms with E-state index in [9.17, 15) is 17.6 Å². The van der Waals surface area contributed by atoms with Crippen molar-refractivity contribution in [3.8, 4) is 0 Å². The monoisotopic (exact) mass is 455 g/mol. The minimum atomic E-state index is -3.12. The molecule has 0 saturated carbocycles. The predicted octanol–water partition coefficient (Wildman–Crippen LogP) is 2.64. The Labute approximate surface area is 184 Å². The fourth-order valence-electron chi connectivity index (χ4n) is 3.75. The SMILES string of the molecule is Cn1nccc1Nc1ccc(C(=O)NC2(C)CS(=O)(=O)C2)cc1C(=N)c1ccc(F)cc1. The van der Waals surface area contributed by atoms with Crippen molar-refractivity contribution in [1.29, 1.82) is 5.41 Å². The van der Waals surface area contributed by atoms with E-state index in [1.807, 2.05) is 0 Å². The number of rotatable bonds is 6. The molecule has 32 heavy (non-hydrogen) atoms. The molecule has 0 radical (unpaired) electrons. The lowest BCUT2D eigenvalue weighted by atomic mass is 9.97. The standard InChI is InChI=1S/C22H22FN5O3S/c1-22(12-32(30,31)13-22)27-21(29)15-5-8-18(26-19-9-10-25-28(19)2)17(11-15)20(24)14-3-6-16(23)7-4-14/h3-11,24,26H,12-13H2,1-2H3,(H,27,29). The number of nitrogens with zero attached hydrogens (tertiary/aromatic N) is 2. The van der Waals surface area contributed by atoms with E-state index >= 15 is 0 Å². The topological polar surface area (TPSA) is 117 Å². The zero-order valence-electron chi connectivity index (χ0n) is 17.5. The summed E-state index contributed by atoms with van der Waals surface area (Å²) in [6.07, 6.45) is 1.63. The molecule has 0 bridgehead atoms. The van der Waals surface area contributed by atoms with Gasteiger partial charge in [0.25, 0.3) is 5.91 Å². The van der Waals surface area contributed by atoms with Crippen LogP contribution in [-0.4, -0.2) is 46.9 Å². The van der Waals surface area contributed by atoms with Gasteiger partial charge in [-0.05, 0) is 49.4 Å². The highest BCUT2D eigenvalue weighted by Crippen LogP contribution is 2.27. The van der Waals surface area contributed by atoms with Gasteiger partial charge in [-0.25, -0.2) is 12.8 Å². The maximum atomic E-state index is 13.4. The molecule has 2 aromatic carbocycles. The first kappa shape index (κ1) is 21.7. The number of hydrogen-bond acceptors (Lipinski definition) is 6. The molecular formula is C22H22FN5O3S. The van der Waals surface area contributed by atoms with E-state index in [1.165, 1.54) is 24.3 Å². The maximum Gasteiger partial charge on any atom is 0.251 e. The predicted molar refractivity (Wildman–Crippen MR) is 120 cm³/mol. The summed E-state index contributed by atoms with van der Waals surface area (Å²) >= 11 is 0. The number of halogens is 1. The Hall–Kier alpha value is -3.53. The molecular weight excluding hydrogens is 433 g/mol. The van der Waals surface area contributed by atoms with Crippen LogP contribution in [-0.2, 0) is 16.9 Å². The van der Waals surface area contributed by atoms with E-state index in [-0.39, 0.29) is 22.8 Å². The highest BCUT2D eigenvalue weighted by atomic mass is 32.2. The fourth-order valence-corrected chi connectivity index (χ4v) is 5.76. The number of aromatic nitrogens is 2. The normalized spacial score (nSPS) is 16.1. The number of nitrogens with one attached hydrogen (secondary N) is 3. The summed E-state index contributed by atoms with van der Waals surface area (Å²) in [4.78, 5) is 12.8. The molecule has 1 amide bonds. The second-order valence-electron chi connectivity index (χ2n) is 8.15. The Morgan fingerprint density at radius 3 is 2.38 bits per heavy atom. The Balaban J connectivity index is 1.68. The molecule has 1 saturated heterocycles. The number of sulfone groups is 1. The molecule has 0 spiro atoms. The zero-order chi connectivity index (χ0) is 23.1. The van der Waals surface area contributed by atoms with Crippen molar-refractivity contribution >= 4 is 33.0 Å². The molecule has 2 heterocycles. The summed E-state index contributed by atoms with van der Waals surface area (Å²) in [5, 5.41) is 18.8. The summed E-state index contributed by atoms with van der Waals surface area (Å²) in [7, 11) is -1.35. The van der Waals surface area contributed by atoms with Gasteiger partial charge in [0.05, 0.1) is 29.0 Å². The van der Waals surface area contributed by atoms with Crippen molar-refractivity contribution in [1.82, 2.24) is 15.1 Å². The van der Waals surface area contributed by atoms with Gasteiger partial charge in [-0.1, -0.05) is 0 Å². The van der Waals surface area contributed by atoms with Gasteiger partial charge in [-0.2, -0.15) is 5.10 Å². The van der Waals surface area contributed by atoms with E-state index in [1.54, 1.807) is 49.1 Å². The van der Waals surface area contributed by atoms with E-state index < -0.39 is 27.1 Å². The lowest BCUT2D eigenvalue weighted by Gasteiger charge is -2.38. The first-order valence-electron chi connectivity index (χ1n) is 9.82. The van der Waals surface area contributed by atoms with Crippen molar-refractivity contribution in [2.45, 2.75) is 12.5 Å². The number of carbonyl (C=O) groups excluding carboxylic acids is 1. The summed E-state index contributed by atoms with van der Waals surface area (Å²) in [6, 6.07) is 12.2. The van der Waals surface area contributed by atoms with Crippen LogP contribution in [0.1, 0.15) is 28.4 Å². The van der Waals surface area contributed by atoms with Gasteiger partial charge in [0.15, 0.2) is 9.84 Å². The van der Waals surface area contributed by atoms with E-state index in [0.29, 0.717) is 22.6 Å². The van der Waals surface area contributed by atoms with Crippen LogP contribution >= 0.6 is 0 Å². The van der Waals surface area contributed by atoms with Crippen LogP contribution in [0.3, 0.4) is 0 Å². The van der Waals surface area contributed by atoms with Crippen LogP contribution in [0.25, 0.3) is 0 Å². The molecule has 1 fully saturated rings. The molecule has 0 atom stereocenters. The van der Waals surface area contributed by atoms with Crippen molar-refractivity contribution in [2.24, 2.45) is 7.05 Å². The van der Waals surface area contributed by atoms with Crippen LogP contribution in [0.15, 0.2) is 54.7 Å². The smallest absolute Gasteiger partial charge is 0.251 e. The third-order valence-corrected chi connectivity index (χ3v) is 7.41. The van der Waals surface area contributed by atoms with Crippen LogP contribution in [0.5, 0.6) is 0 Å². The van der Waals surface area contributed by atoms with Gasteiger partial charge in [0, 0.05) is 35.5 Å². The fraction of sp³-hybridized carbons (Fsp3) is 0.227. The number of carbonyl (C=O) groups is 1. The summed E-state index contributed by atoms with van der Waals surface area (Å²) < 4.78 is 38.1. The van der Waals surface area contributed by atoms with Gasteiger partial charge in [-0.15, -0.1) is 0 Å². The second kappa shape index (κ2) is 7.86. The minimum absolute atomic E-state index is 0.0988. The molecule has 4 rings (SSSR count). The average Bonchev–Trinajstić information content (AvgIpc) is 3.11. The Bertz CT molecular complexity index is 1300. The Kier molecular flexibility index (Phi) is 5.33. The quantitative estimate of drug-likeness (QED) is 0.494. The molecule has 10 heteroatoms. The first-order valence-corrected chi connectivity index (χ1v) is 11.6. The number of hydrogen-bond donors (Lipinski definition) is 3. The minimum Gasteiger partial charge on any atom is -0.345 e. The highest BCUT2D eigenvalue weighted by Gasteiger charge is 2.45. The lowest BCUT2D eigenvalue weighted by Crippen LogP contribution is -2.63. The summed E-state index contributed by atoms with van der Waals surface area (Å²) in [5.41, 5.74) is 1.05. The summed E-state index contributed by atoms with van der Waals surface area (Å²) in [6.45, 7) is 1.69. The molecule has 0 aliphatic carbocycles. The molecule has 3 aromatic rings. The van der Waals surface area contributed by atoms with Crippen molar-refractivity contribution in [3.63, 3.8) is 0 Å². The van der Waals surface area contributed by atoms with E-state index in [2.05, 4.69) is 15.7 Å². The second-order valence-corrected chi connectivity index (χ2v) is 10.2. The van der Waals surface area contributed by atoms with E-state index in [0.717, 1.165) is 0 Å². The van der Waals surface area contributed by atoms with Crippen LogP contribution in [0.2, 0.25) is 0 Å². The number of benzene rings is 2. The average molecular weight is 456 g/mol. The first-order chi connectivity index (χ1) is 15.1. The Morgan fingerprint density at radius 1 is 1.12 bits per heavy atom. The van der Waals surface area contributed by atoms with Crippen molar-refractivity contribution in [2.75, 3.05) is 16.8 Å². The molecule has 8 nitrogen and oxygen atoms in total. The molecule has 0 unspecified atom stereocenters. The molecule has 1 aliphatic heterocycles. The van der Waals surface area contributed by atoms with Crippen LogP contribution in [0.4, 0.5) is 15.9 Å². The highest BCUT2D eigenvalue weighted by molar-refractivity contribution is 7.93. The molecule has 1 aliphatic rings. The van der Waals surface area contributed by atoms with Crippen molar-refractivity contribution in [3.05, 3.63) is 77.2 Å². The van der Waals surface area contributed by atoms with Crippen LogP contribution in [0, 0.1) is 11.2 Å². The third kappa shape index (κ3) is 4.40. The zero-order valence-corrected chi connectivity index (χ0v) is 18.3. The van der Waals surface area contributed by atoms with Gasteiger partial charge in [0.1, 0.15) is 11.6 Å². The Morgan fingerprint density at radius 2 is 1.78 bits per heavy atom. The van der Waals surface area contributed by atoms with Crippen LogP contribution < -0.4 is 10.6 Å².